The van der Waals surface area contributed by atoms with Gasteiger partial charge in [0.2, 0.25) is 5.91 Å². The minimum atomic E-state index is -1.26. The molecule has 5 N–H and O–H groups in total. The first kappa shape index (κ1) is 37.4. The zero-order valence-corrected chi connectivity index (χ0v) is 30.8. The molecule has 0 radical (unpaired) electrons. The zero-order chi connectivity index (χ0) is 35.8. The molecule has 2 fully saturated rings. The second-order valence-corrected chi connectivity index (χ2v) is 16.2. The summed E-state index contributed by atoms with van der Waals surface area (Å²) >= 11 is 1.37. The number of rotatable bonds is 13. The van der Waals surface area contributed by atoms with Crippen molar-refractivity contribution in [3.05, 3.63) is 64.1 Å². The average molecular weight is 703 g/mol. The van der Waals surface area contributed by atoms with Gasteiger partial charge in [0.15, 0.2) is 5.82 Å². The van der Waals surface area contributed by atoms with Gasteiger partial charge in [-0.3, -0.25) is 9.59 Å². The number of hydrogen-bond donors (Lipinski definition) is 4. The molecule has 1 aliphatic carbocycles. The SMILES string of the molecule is CCC[C@H]1CC[C@H](C2CCN(c3cnc(-c4ccc(C[C@H](NC(=O)c5ccc(C(C)(C)C)s5)C(=O)N[C@H](CN)C(=O)O)cc4)nc3)CC2)CC1. The van der Waals surface area contributed by atoms with Crippen LogP contribution in [0.4, 0.5) is 5.69 Å². The van der Waals surface area contributed by atoms with Gasteiger partial charge in [0.1, 0.15) is 12.1 Å². The largest absolute Gasteiger partial charge is 0.480 e. The molecule has 5 rings (SSSR count). The average Bonchev–Trinajstić information content (AvgIpc) is 3.63. The van der Waals surface area contributed by atoms with Gasteiger partial charge in [0.25, 0.3) is 5.91 Å². The Morgan fingerprint density at radius 1 is 0.920 bits per heavy atom. The number of carboxylic acids is 1. The molecular weight excluding hydrogens is 649 g/mol. The number of aliphatic carboxylic acids is 1. The van der Waals surface area contributed by atoms with E-state index in [1.54, 1.807) is 6.07 Å². The lowest BCUT2D eigenvalue weighted by molar-refractivity contribution is -0.141. The number of carbonyl (C=O) groups is 3. The maximum absolute atomic E-state index is 13.3. The maximum Gasteiger partial charge on any atom is 0.327 e. The second kappa shape index (κ2) is 16.9. The third-order valence-electron chi connectivity index (χ3n) is 10.5. The van der Waals surface area contributed by atoms with E-state index in [9.17, 15) is 19.5 Å². The van der Waals surface area contributed by atoms with E-state index >= 15 is 0 Å². The molecule has 1 aliphatic heterocycles. The summed E-state index contributed by atoms with van der Waals surface area (Å²) in [4.78, 5) is 51.4. The first-order valence-corrected chi connectivity index (χ1v) is 19.1. The van der Waals surface area contributed by atoms with Crippen molar-refractivity contribution in [1.29, 1.82) is 0 Å². The summed E-state index contributed by atoms with van der Waals surface area (Å²) in [7, 11) is 0. The van der Waals surface area contributed by atoms with E-state index in [0.29, 0.717) is 10.7 Å². The van der Waals surface area contributed by atoms with E-state index in [1.165, 1.54) is 62.7 Å². The van der Waals surface area contributed by atoms with E-state index in [4.69, 9.17) is 5.73 Å². The fourth-order valence-corrected chi connectivity index (χ4v) is 8.41. The van der Waals surface area contributed by atoms with Gasteiger partial charge < -0.3 is 26.4 Å². The molecule has 2 amide bonds. The van der Waals surface area contributed by atoms with Crippen molar-refractivity contribution < 1.29 is 19.5 Å². The van der Waals surface area contributed by atoms with E-state index in [-0.39, 0.29) is 18.4 Å². The molecule has 2 atom stereocenters. The van der Waals surface area contributed by atoms with Gasteiger partial charge in [0, 0.05) is 36.5 Å². The minimum absolute atomic E-state index is 0.120. The van der Waals surface area contributed by atoms with Gasteiger partial charge in [0.05, 0.1) is 23.0 Å². The molecule has 3 aromatic rings. The van der Waals surface area contributed by atoms with E-state index < -0.39 is 29.9 Å². The lowest BCUT2D eigenvalue weighted by atomic mass is 9.72. The first-order chi connectivity index (χ1) is 23.9. The van der Waals surface area contributed by atoms with Gasteiger partial charge in [-0.05, 0) is 66.5 Å². The number of nitrogens with zero attached hydrogens (tertiary/aromatic N) is 3. The summed E-state index contributed by atoms with van der Waals surface area (Å²) in [5, 5.41) is 14.7. The van der Waals surface area contributed by atoms with Crippen LogP contribution >= 0.6 is 11.3 Å². The van der Waals surface area contributed by atoms with Gasteiger partial charge in [-0.15, -0.1) is 11.3 Å². The smallest absolute Gasteiger partial charge is 0.327 e. The number of piperidine rings is 1. The number of benzene rings is 1. The number of hydrogen-bond acceptors (Lipinski definition) is 8. The molecule has 0 spiro atoms. The monoisotopic (exact) mass is 702 g/mol. The van der Waals surface area contributed by atoms with E-state index in [1.807, 2.05) is 42.7 Å². The quantitative estimate of drug-likeness (QED) is 0.165. The third-order valence-corrected chi connectivity index (χ3v) is 12.0. The van der Waals surface area contributed by atoms with Crippen LogP contribution in [0.3, 0.4) is 0 Å². The fourth-order valence-electron chi connectivity index (χ4n) is 7.44. The number of nitrogens with one attached hydrogen (secondary N) is 2. The predicted molar refractivity (Wildman–Crippen MR) is 199 cm³/mol. The van der Waals surface area contributed by atoms with Crippen molar-refractivity contribution in [1.82, 2.24) is 20.6 Å². The van der Waals surface area contributed by atoms with E-state index in [2.05, 4.69) is 53.2 Å². The number of anilines is 1. The molecule has 1 aromatic carbocycles. The van der Waals surface area contributed by atoms with Crippen LogP contribution in [0.2, 0.25) is 0 Å². The summed E-state index contributed by atoms with van der Waals surface area (Å²) in [5.41, 5.74) is 8.14. The highest BCUT2D eigenvalue weighted by Gasteiger charge is 2.31. The number of carboxylic acid groups (broad SMARTS) is 1. The Balaban J connectivity index is 1.20. The summed E-state index contributed by atoms with van der Waals surface area (Å²) in [6.45, 7) is 10.3. The van der Waals surface area contributed by atoms with Crippen LogP contribution in [-0.2, 0) is 21.4 Å². The highest BCUT2D eigenvalue weighted by Crippen LogP contribution is 2.39. The Labute approximate surface area is 300 Å². The summed E-state index contributed by atoms with van der Waals surface area (Å²) < 4.78 is 0. The zero-order valence-electron chi connectivity index (χ0n) is 30.0. The van der Waals surface area contributed by atoms with Crippen LogP contribution in [0.1, 0.15) is 99.2 Å². The lowest BCUT2D eigenvalue weighted by Gasteiger charge is -2.39. The molecule has 1 saturated carbocycles. The molecule has 3 heterocycles. The Morgan fingerprint density at radius 3 is 2.12 bits per heavy atom. The van der Waals surface area contributed by atoms with Crippen LogP contribution in [0.15, 0.2) is 48.8 Å². The molecule has 0 bridgehead atoms. The number of nitrogens with two attached hydrogens (primary N) is 1. The number of thiophene rings is 1. The predicted octanol–water partition coefficient (Wildman–Crippen LogP) is 6.19. The number of amides is 2. The fraction of sp³-hybridized carbons (Fsp3) is 0.564. The molecule has 270 valence electrons. The van der Waals surface area contributed by atoms with Crippen LogP contribution < -0.4 is 21.3 Å². The van der Waals surface area contributed by atoms with Crippen LogP contribution in [0.25, 0.3) is 11.4 Å². The lowest BCUT2D eigenvalue weighted by Crippen LogP contribution is -2.54. The molecule has 50 heavy (non-hydrogen) atoms. The summed E-state index contributed by atoms with van der Waals surface area (Å²) in [6, 6.07) is 8.93. The van der Waals surface area contributed by atoms with Gasteiger partial charge in [-0.2, -0.15) is 0 Å². The first-order valence-electron chi connectivity index (χ1n) is 18.3. The number of carbonyl (C=O) groups excluding carboxylic acids is 2. The van der Waals surface area contributed by atoms with Gasteiger partial charge in [-0.1, -0.05) is 77.6 Å². The van der Waals surface area contributed by atoms with Crippen molar-refractivity contribution in [2.45, 2.75) is 103 Å². The van der Waals surface area contributed by atoms with Crippen molar-refractivity contribution >= 4 is 34.8 Å². The van der Waals surface area contributed by atoms with Crippen molar-refractivity contribution in [2.24, 2.45) is 23.5 Å². The molecular formula is C39H54N6O4S. The highest BCUT2D eigenvalue weighted by molar-refractivity contribution is 7.14. The topological polar surface area (TPSA) is 151 Å². The highest BCUT2D eigenvalue weighted by atomic mass is 32.1. The Morgan fingerprint density at radius 2 is 1.56 bits per heavy atom. The van der Waals surface area contributed by atoms with Crippen molar-refractivity contribution in [3.63, 3.8) is 0 Å². The molecule has 10 nitrogen and oxygen atoms in total. The van der Waals surface area contributed by atoms with E-state index in [0.717, 1.165) is 52.5 Å². The summed E-state index contributed by atoms with van der Waals surface area (Å²) in [5.74, 6) is 1.04. The molecule has 2 aromatic heterocycles. The van der Waals surface area contributed by atoms with Crippen LogP contribution in [-0.4, -0.2) is 64.6 Å². The molecule has 2 aliphatic rings. The Kier molecular flexibility index (Phi) is 12.7. The van der Waals surface area contributed by atoms with Gasteiger partial charge >= 0.3 is 5.97 Å². The Hall–Kier alpha value is -3.83. The standard InChI is InChI=1S/C39H54N6O4S/c1-5-6-25-7-11-27(12-8-25)28-17-19-45(20-18-28)30-23-41-35(42-24-30)29-13-9-26(10-14-29)21-31(36(46)44-32(22-40)38(48)49)43-37(47)33-15-16-34(50-33)39(2,3)4/h9-10,13-16,23-25,27-28,31-32H,5-8,11-12,17-22,40H2,1-4H3,(H,43,47)(H,44,46)(H,48,49)/t25-,27-,31-,32+/m0/s1. The maximum atomic E-state index is 13.3. The Bertz CT molecular complexity index is 1570. The van der Waals surface area contributed by atoms with Crippen LogP contribution in [0.5, 0.6) is 0 Å². The van der Waals surface area contributed by atoms with Crippen LogP contribution in [0, 0.1) is 17.8 Å². The normalized spacial score (nSPS) is 19.8. The minimum Gasteiger partial charge on any atom is -0.480 e. The van der Waals surface area contributed by atoms with Crippen molar-refractivity contribution in [3.8, 4) is 11.4 Å². The molecule has 11 heteroatoms. The third kappa shape index (κ3) is 9.69. The van der Waals surface area contributed by atoms with Gasteiger partial charge in [-0.25, -0.2) is 14.8 Å². The summed E-state index contributed by atoms with van der Waals surface area (Å²) in [6.07, 6.45) is 14.8. The number of aromatic nitrogens is 2. The second-order valence-electron chi connectivity index (χ2n) is 15.1. The van der Waals surface area contributed by atoms with Crippen molar-refractivity contribution in [2.75, 3.05) is 24.5 Å². The molecule has 1 saturated heterocycles. The molecule has 0 unspecified atom stereocenters.